The predicted octanol–water partition coefficient (Wildman–Crippen LogP) is 2.96. The summed E-state index contributed by atoms with van der Waals surface area (Å²) in [5, 5.41) is 13.3. The van der Waals surface area contributed by atoms with E-state index >= 15 is 0 Å². The predicted molar refractivity (Wildman–Crippen MR) is 92.0 cm³/mol. The molecule has 7 nitrogen and oxygen atoms in total. The molecule has 0 aliphatic heterocycles. The zero-order chi connectivity index (χ0) is 18.2. The van der Waals surface area contributed by atoms with E-state index in [1.807, 2.05) is 30.3 Å². The lowest BCUT2D eigenvalue weighted by Gasteiger charge is -2.15. The van der Waals surface area contributed by atoms with E-state index in [0.29, 0.717) is 5.69 Å². The molecule has 0 aliphatic carbocycles. The Kier molecular flexibility index (Phi) is 6.22. The summed E-state index contributed by atoms with van der Waals surface area (Å²) in [6.45, 7) is 1.85. The summed E-state index contributed by atoms with van der Waals surface area (Å²) in [5.41, 5.74) is 1.13. The second-order valence-corrected chi connectivity index (χ2v) is 5.29. The molecule has 0 radical (unpaired) electrons. The van der Waals surface area contributed by atoms with Crippen molar-refractivity contribution in [2.24, 2.45) is 5.92 Å². The Morgan fingerprint density at radius 2 is 1.76 bits per heavy atom. The van der Waals surface area contributed by atoms with Crippen molar-refractivity contribution in [3.8, 4) is 0 Å². The number of nitro groups is 1. The maximum Gasteiger partial charge on any atom is 0.318 e. The second-order valence-electron chi connectivity index (χ2n) is 5.29. The number of nitrogens with zero attached hydrogens (tertiary/aromatic N) is 1. The first-order chi connectivity index (χ1) is 12.0. The second kappa shape index (κ2) is 8.58. The van der Waals surface area contributed by atoms with Gasteiger partial charge in [-0.05, 0) is 31.0 Å². The van der Waals surface area contributed by atoms with Crippen molar-refractivity contribution in [1.82, 2.24) is 0 Å². The van der Waals surface area contributed by atoms with Crippen molar-refractivity contribution in [3.63, 3.8) is 0 Å². The lowest BCUT2D eigenvalue weighted by molar-refractivity contribution is -0.384. The summed E-state index contributed by atoms with van der Waals surface area (Å²) in [4.78, 5) is 34.8. The van der Waals surface area contributed by atoms with Gasteiger partial charge in [-0.25, -0.2) is 0 Å². The molecule has 2 aromatic carbocycles. The quantitative estimate of drug-likeness (QED) is 0.361. The standard InChI is InChI=1S/C18H18N2O5/c1-2-25-18(22)16(12-13-6-4-3-5-7-13)17(21)19-14-8-10-15(11-9-14)20(23)24/h3-11,16H,2,12H2,1H3,(H,19,21)/t16-/m1/s1. The number of nitrogens with one attached hydrogen (secondary N) is 1. The molecule has 0 saturated carbocycles. The van der Waals surface area contributed by atoms with Crippen LogP contribution in [0.15, 0.2) is 54.6 Å². The van der Waals surface area contributed by atoms with Crippen molar-refractivity contribution in [2.45, 2.75) is 13.3 Å². The van der Waals surface area contributed by atoms with Crippen LogP contribution in [0.1, 0.15) is 12.5 Å². The largest absolute Gasteiger partial charge is 0.465 e. The van der Waals surface area contributed by atoms with E-state index in [4.69, 9.17) is 4.74 Å². The molecule has 7 heteroatoms. The Hall–Kier alpha value is -3.22. The van der Waals surface area contributed by atoms with Gasteiger partial charge in [-0.1, -0.05) is 30.3 Å². The van der Waals surface area contributed by atoms with Crippen LogP contribution in [0.3, 0.4) is 0 Å². The van der Waals surface area contributed by atoms with Crippen LogP contribution in [0.25, 0.3) is 0 Å². The van der Waals surface area contributed by atoms with Crippen LogP contribution in [-0.2, 0) is 20.7 Å². The van der Waals surface area contributed by atoms with Gasteiger partial charge < -0.3 is 10.1 Å². The van der Waals surface area contributed by atoms with Gasteiger partial charge in [0, 0.05) is 17.8 Å². The van der Waals surface area contributed by atoms with E-state index in [-0.39, 0.29) is 18.7 Å². The minimum Gasteiger partial charge on any atom is -0.465 e. The molecule has 2 rings (SSSR count). The monoisotopic (exact) mass is 342 g/mol. The number of benzene rings is 2. The molecular weight excluding hydrogens is 324 g/mol. The molecule has 0 bridgehead atoms. The Labute approximate surface area is 144 Å². The highest BCUT2D eigenvalue weighted by atomic mass is 16.6. The molecule has 0 aliphatic rings. The number of amides is 1. The van der Waals surface area contributed by atoms with Crippen LogP contribution in [0.4, 0.5) is 11.4 Å². The highest BCUT2D eigenvalue weighted by Gasteiger charge is 2.28. The number of non-ortho nitro benzene ring substituents is 1. The molecule has 1 N–H and O–H groups in total. The lowest BCUT2D eigenvalue weighted by atomic mass is 9.98. The van der Waals surface area contributed by atoms with Crippen molar-refractivity contribution in [1.29, 1.82) is 0 Å². The summed E-state index contributed by atoms with van der Waals surface area (Å²) >= 11 is 0. The summed E-state index contributed by atoms with van der Waals surface area (Å²) in [5.74, 6) is -2.13. The first-order valence-corrected chi connectivity index (χ1v) is 7.77. The van der Waals surface area contributed by atoms with Crippen molar-refractivity contribution in [3.05, 3.63) is 70.3 Å². The van der Waals surface area contributed by atoms with Gasteiger partial charge in [-0.2, -0.15) is 0 Å². The highest BCUT2D eigenvalue weighted by molar-refractivity contribution is 6.05. The SMILES string of the molecule is CCOC(=O)[C@H](Cc1ccccc1)C(=O)Nc1ccc([N+](=O)[O-])cc1. The Bertz CT molecular complexity index is 744. The third-order valence-corrected chi connectivity index (χ3v) is 3.52. The summed E-state index contributed by atoms with van der Waals surface area (Å²) in [6, 6.07) is 14.5. The maximum atomic E-state index is 12.5. The molecule has 130 valence electrons. The number of esters is 1. The molecular formula is C18H18N2O5. The van der Waals surface area contributed by atoms with Crippen LogP contribution in [0.5, 0.6) is 0 Å². The topological polar surface area (TPSA) is 98.5 Å². The Balaban J connectivity index is 2.13. The molecule has 0 unspecified atom stereocenters. The third kappa shape index (κ3) is 5.13. The molecule has 0 fully saturated rings. The van der Waals surface area contributed by atoms with Gasteiger partial charge in [0.1, 0.15) is 5.92 Å². The highest BCUT2D eigenvalue weighted by Crippen LogP contribution is 2.18. The van der Waals surface area contributed by atoms with E-state index in [9.17, 15) is 19.7 Å². The molecule has 25 heavy (non-hydrogen) atoms. The average molecular weight is 342 g/mol. The number of carbonyl (C=O) groups is 2. The van der Waals surface area contributed by atoms with Gasteiger partial charge in [0.15, 0.2) is 0 Å². The van der Waals surface area contributed by atoms with Crippen LogP contribution in [0.2, 0.25) is 0 Å². The molecule has 1 atom stereocenters. The number of rotatable bonds is 7. The molecule has 0 aromatic heterocycles. The molecule has 2 aromatic rings. The summed E-state index contributed by atoms with van der Waals surface area (Å²) < 4.78 is 5.00. The molecule has 1 amide bonds. The molecule has 0 spiro atoms. The van der Waals surface area contributed by atoms with E-state index in [1.165, 1.54) is 24.3 Å². The molecule has 0 saturated heterocycles. The van der Waals surface area contributed by atoms with Crippen LogP contribution in [-0.4, -0.2) is 23.4 Å². The Morgan fingerprint density at radius 3 is 2.32 bits per heavy atom. The van der Waals surface area contributed by atoms with Crippen LogP contribution < -0.4 is 5.32 Å². The minimum absolute atomic E-state index is 0.0794. The fraction of sp³-hybridized carbons (Fsp3) is 0.222. The van der Waals surface area contributed by atoms with Crippen LogP contribution in [0, 0.1) is 16.0 Å². The number of nitro benzene ring substituents is 1. The average Bonchev–Trinajstić information content (AvgIpc) is 2.61. The zero-order valence-corrected chi connectivity index (χ0v) is 13.7. The van der Waals surface area contributed by atoms with E-state index in [1.54, 1.807) is 6.92 Å². The van der Waals surface area contributed by atoms with Gasteiger partial charge in [0.2, 0.25) is 5.91 Å². The van der Waals surface area contributed by atoms with Crippen molar-refractivity contribution < 1.29 is 19.2 Å². The van der Waals surface area contributed by atoms with Gasteiger partial charge in [0.05, 0.1) is 11.5 Å². The Morgan fingerprint density at radius 1 is 1.12 bits per heavy atom. The van der Waals surface area contributed by atoms with Gasteiger partial charge in [0.25, 0.3) is 5.69 Å². The first kappa shape index (κ1) is 18.1. The summed E-state index contributed by atoms with van der Waals surface area (Å²) in [7, 11) is 0. The fourth-order valence-corrected chi connectivity index (χ4v) is 2.27. The van der Waals surface area contributed by atoms with Gasteiger partial charge in [-0.3, -0.25) is 19.7 Å². The van der Waals surface area contributed by atoms with Crippen LogP contribution >= 0.6 is 0 Å². The zero-order valence-electron chi connectivity index (χ0n) is 13.7. The normalized spacial score (nSPS) is 11.4. The summed E-state index contributed by atoms with van der Waals surface area (Å²) in [6.07, 6.45) is 0.207. The number of hydrogen-bond acceptors (Lipinski definition) is 5. The number of hydrogen-bond donors (Lipinski definition) is 1. The number of carbonyl (C=O) groups excluding carboxylic acids is 2. The van der Waals surface area contributed by atoms with Crippen molar-refractivity contribution >= 4 is 23.3 Å². The van der Waals surface area contributed by atoms with Crippen molar-refractivity contribution in [2.75, 3.05) is 11.9 Å². The number of ether oxygens (including phenoxy) is 1. The smallest absolute Gasteiger partial charge is 0.318 e. The lowest BCUT2D eigenvalue weighted by Crippen LogP contribution is -2.33. The number of anilines is 1. The fourth-order valence-electron chi connectivity index (χ4n) is 2.27. The van der Waals surface area contributed by atoms with E-state index in [2.05, 4.69) is 5.32 Å². The molecule has 0 heterocycles. The maximum absolute atomic E-state index is 12.5. The third-order valence-electron chi connectivity index (χ3n) is 3.52. The van der Waals surface area contributed by atoms with Gasteiger partial charge >= 0.3 is 5.97 Å². The van der Waals surface area contributed by atoms with E-state index < -0.39 is 22.7 Å². The minimum atomic E-state index is -1.00. The van der Waals surface area contributed by atoms with Gasteiger partial charge in [-0.15, -0.1) is 0 Å². The van der Waals surface area contributed by atoms with E-state index in [0.717, 1.165) is 5.56 Å². The first-order valence-electron chi connectivity index (χ1n) is 7.77.